The molecule has 2 atom stereocenters. The van der Waals surface area contributed by atoms with E-state index in [0.29, 0.717) is 0 Å². The first-order valence-electron chi connectivity index (χ1n) is 8.28. The number of carboxylic acid groups (broad SMARTS) is 1. The van der Waals surface area contributed by atoms with Crippen molar-refractivity contribution in [3.8, 4) is 0 Å². The van der Waals surface area contributed by atoms with Crippen molar-refractivity contribution in [1.82, 2.24) is 0 Å². The van der Waals surface area contributed by atoms with Crippen molar-refractivity contribution in [1.29, 1.82) is 0 Å². The Kier molecular flexibility index (Phi) is 4.72. The first kappa shape index (κ1) is 17.7. The van der Waals surface area contributed by atoms with Crippen LogP contribution in [0, 0.1) is 5.41 Å². The third-order valence-corrected chi connectivity index (χ3v) is 5.24. The standard InChI is InChI=1S/C20H28O3/c1-15(8-6-9-16(2)14-17(21)22)10-13-20-18(3,4)11-7-12-19(20,5)23-20/h6,8-10,13-14H,7,11-12H2,1-5H3,(H,21,22)/b9-6?,13-10+,15-8?,16-14?. The van der Waals surface area contributed by atoms with Crippen molar-refractivity contribution in [3.63, 3.8) is 0 Å². The van der Waals surface area contributed by atoms with Crippen molar-refractivity contribution < 1.29 is 14.6 Å². The van der Waals surface area contributed by atoms with Crippen LogP contribution < -0.4 is 0 Å². The molecule has 0 radical (unpaired) electrons. The molecule has 2 unspecified atom stereocenters. The third-order valence-electron chi connectivity index (χ3n) is 5.24. The summed E-state index contributed by atoms with van der Waals surface area (Å²) >= 11 is 0. The van der Waals surface area contributed by atoms with Crippen LogP contribution >= 0.6 is 0 Å². The smallest absolute Gasteiger partial charge is 0.328 e. The molecule has 0 aromatic carbocycles. The van der Waals surface area contributed by atoms with Crippen LogP contribution in [0.1, 0.15) is 53.9 Å². The molecular weight excluding hydrogens is 288 g/mol. The average Bonchev–Trinajstić information content (AvgIpc) is 3.03. The molecule has 2 aliphatic rings. The Bertz CT molecular complexity index is 606. The SMILES string of the molecule is CC(C=CC=C(C)/C=C/C12OC1(C)CCCC2(C)C)=CC(=O)O. The zero-order chi connectivity index (χ0) is 17.3. The number of carbonyl (C=O) groups is 1. The Morgan fingerprint density at radius 2 is 1.78 bits per heavy atom. The molecule has 1 saturated carbocycles. The predicted octanol–water partition coefficient (Wildman–Crippen LogP) is 4.81. The molecule has 1 N–H and O–H groups in total. The summed E-state index contributed by atoms with van der Waals surface area (Å²) in [4.78, 5) is 10.6. The first-order valence-corrected chi connectivity index (χ1v) is 8.28. The molecule has 2 fully saturated rings. The van der Waals surface area contributed by atoms with Gasteiger partial charge in [0.1, 0.15) is 5.60 Å². The minimum atomic E-state index is -0.920. The number of hydrogen-bond donors (Lipinski definition) is 1. The lowest BCUT2D eigenvalue weighted by molar-refractivity contribution is -0.131. The Hall–Kier alpha value is -1.61. The molecule has 0 bridgehead atoms. The van der Waals surface area contributed by atoms with Crippen LogP contribution in [-0.2, 0) is 9.53 Å². The molecule has 23 heavy (non-hydrogen) atoms. The van der Waals surface area contributed by atoms with Gasteiger partial charge in [0.2, 0.25) is 0 Å². The summed E-state index contributed by atoms with van der Waals surface area (Å²) in [5, 5.41) is 8.68. The lowest BCUT2D eigenvalue weighted by Gasteiger charge is -2.36. The van der Waals surface area contributed by atoms with Gasteiger partial charge in [-0.25, -0.2) is 4.79 Å². The number of allylic oxidation sites excluding steroid dienone is 6. The zero-order valence-corrected chi connectivity index (χ0v) is 14.8. The van der Waals surface area contributed by atoms with Gasteiger partial charge in [-0.1, -0.05) is 43.7 Å². The normalized spacial score (nSPS) is 34.0. The molecule has 0 aromatic rings. The number of epoxide rings is 1. The summed E-state index contributed by atoms with van der Waals surface area (Å²) in [7, 11) is 0. The Labute approximate surface area is 139 Å². The number of ether oxygens (including phenoxy) is 1. The van der Waals surface area contributed by atoms with Gasteiger partial charge in [0.05, 0.1) is 5.60 Å². The van der Waals surface area contributed by atoms with Gasteiger partial charge in [-0.15, -0.1) is 0 Å². The molecule has 3 heteroatoms. The van der Waals surface area contributed by atoms with E-state index in [2.05, 4.69) is 32.9 Å². The Morgan fingerprint density at radius 1 is 1.09 bits per heavy atom. The maximum absolute atomic E-state index is 10.6. The van der Waals surface area contributed by atoms with E-state index in [9.17, 15) is 4.79 Å². The second-order valence-corrected chi connectivity index (χ2v) is 7.64. The number of aliphatic carboxylic acids is 1. The second kappa shape index (κ2) is 6.12. The number of carboxylic acids is 1. The van der Waals surface area contributed by atoms with E-state index < -0.39 is 5.97 Å². The third kappa shape index (κ3) is 3.50. The largest absolute Gasteiger partial charge is 0.478 e. The molecule has 0 spiro atoms. The van der Waals surface area contributed by atoms with Gasteiger partial charge < -0.3 is 9.84 Å². The first-order chi connectivity index (χ1) is 10.6. The molecule has 1 aliphatic carbocycles. The summed E-state index contributed by atoms with van der Waals surface area (Å²) in [6.07, 6.45) is 14.8. The molecule has 126 valence electrons. The minimum Gasteiger partial charge on any atom is -0.478 e. The summed E-state index contributed by atoms with van der Waals surface area (Å²) in [6.45, 7) is 10.6. The fraction of sp³-hybridized carbons (Fsp3) is 0.550. The molecule has 1 aliphatic heterocycles. The van der Waals surface area contributed by atoms with E-state index in [4.69, 9.17) is 9.84 Å². The van der Waals surface area contributed by atoms with Crippen LogP contribution in [-0.4, -0.2) is 22.3 Å². The van der Waals surface area contributed by atoms with Crippen LogP contribution in [0.3, 0.4) is 0 Å². The topological polar surface area (TPSA) is 49.8 Å². The Balaban J connectivity index is 2.07. The summed E-state index contributed by atoms with van der Waals surface area (Å²) in [5.41, 5.74) is 1.85. The van der Waals surface area contributed by atoms with Gasteiger partial charge in [0.25, 0.3) is 0 Å². The maximum atomic E-state index is 10.6. The van der Waals surface area contributed by atoms with E-state index in [0.717, 1.165) is 17.6 Å². The number of rotatable bonds is 5. The fourth-order valence-electron chi connectivity index (χ4n) is 3.81. The highest BCUT2D eigenvalue weighted by molar-refractivity contribution is 5.81. The highest BCUT2D eigenvalue weighted by Gasteiger charge is 2.73. The predicted molar refractivity (Wildman–Crippen MR) is 93.3 cm³/mol. The van der Waals surface area contributed by atoms with Gasteiger partial charge >= 0.3 is 5.97 Å². The van der Waals surface area contributed by atoms with Crippen molar-refractivity contribution in [3.05, 3.63) is 47.6 Å². The highest BCUT2D eigenvalue weighted by atomic mass is 16.6. The molecule has 3 nitrogen and oxygen atoms in total. The summed E-state index contributed by atoms with van der Waals surface area (Å²) < 4.78 is 6.20. The average molecular weight is 316 g/mol. The van der Waals surface area contributed by atoms with Crippen LogP contribution in [0.4, 0.5) is 0 Å². The quantitative estimate of drug-likeness (QED) is 0.450. The molecule has 2 rings (SSSR count). The van der Waals surface area contributed by atoms with E-state index in [1.54, 1.807) is 13.0 Å². The summed E-state index contributed by atoms with van der Waals surface area (Å²) in [6, 6.07) is 0. The van der Waals surface area contributed by atoms with Crippen LogP contribution in [0.2, 0.25) is 0 Å². The molecule has 0 aromatic heterocycles. The summed E-state index contributed by atoms with van der Waals surface area (Å²) in [5.74, 6) is -0.920. The zero-order valence-electron chi connectivity index (χ0n) is 14.8. The monoisotopic (exact) mass is 316 g/mol. The van der Waals surface area contributed by atoms with E-state index in [1.807, 2.05) is 19.1 Å². The van der Waals surface area contributed by atoms with Crippen LogP contribution in [0.15, 0.2) is 47.6 Å². The van der Waals surface area contributed by atoms with E-state index in [1.165, 1.54) is 18.9 Å². The van der Waals surface area contributed by atoms with E-state index in [-0.39, 0.29) is 16.6 Å². The van der Waals surface area contributed by atoms with Crippen LogP contribution in [0.25, 0.3) is 0 Å². The van der Waals surface area contributed by atoms with Crippen molar-refractivity contribution >= 4 is 5.97 Å². The van der Waals surface area contributed by atoms with Crippen molar-refractivity contribution in [2.75, 3.05) is 0 Å². The molecule has 1 heterocycles. The highest BCUT2D eigenvalue weighted by Crippen LogP contribution is 2.66. The second-order valence-electron chi connectivity index (χ2n) is 7.64. The van der Waals surface area contributed by atoms with Crippen molar-refractivity contribution in [2.24, 2.45) is 5.41 Å². The number of fused-ring (bicyclic) bond motifs is 1. The van der Waals surface area contributed by atoms with Gasteiger partial charge in [-0.2, -0.15) is 0 Å². The van der Waals surface area contributed by atoms with Gasteiger partial charge in [0.15, 0.2) is 0 Å². The molecule has 1 saturated heterocycles. The number of hydrogen-bond acceptors (Lipinski definition) is 2. The lowest BCUT2D eigenvalue weighted by Crippen LogP contribution is -2.41. The van der Waals surface area contributed by atoms with E-state index >= 15 is 0 Å². The lowest BCUT2D eigenvalue weighted by atomic mass is 9.64. The maximum Gasteiger partial charge on any atom is 0.328 e. The Morgan fingerprint density at radius 3 is 2.39 bits per heavy atom. The van der Waals surface area contributed by atoms with Gasteiger partial charge in [-0.3, -0.25) is 0 Å². The minimum absolute atomic E-state index is 0.0117. The molecule has 0 amide bonds. The van der Waals surface area contributed by atoms with Gasteiger partial charge in [0, 0.05) is 11.5 Å². The van der Waals surface area contributed by atoms with Gasteiger partial charge in [-0.05, 0) is 51.7 Å². The fourth-order valence-corrected chi connectivity index (χ4v) is 3.81. The molecular formula is C20H28O3. The van der Waals surface area contributed by atoms with Crippen LogP contribution in [0.5, 0.6) is 0 Å². The van der Waals surface area contributed by atoms with Crippen molar-refractivity contribution in [2.45, 2.75) is 65.1 Å².